The second-order valence-electron chi connectivity index (χ2n) is 4.09. The van der Waals surface area contributed by atoms with Gasteiger partial charge in [-0.05, 0) is 37.0 Å². The van der Waals surface area contributed by atoms with Crippen LogP contribution in [0, 0.1) is 0 Å². The molecule has 1 aromatic carbocycles. The first-order chi connectivity index (χ1) is 7.66. The van der Waals surface area contributed by atoms with Crippen molar-refractivity contribution in [3.63, 3.8) is 0 Å². The average Bonchev–Trinajstić information content (AvgIpc) is 2.30. The highest BCUT2D eigenvalue weighted by molar-refractivity contribution is 9.10. The first kappa shape index (κ1) is 11.6. The fraction of sp³-hybridized carbons (Fsp3) is 0.417. The van der Waals surface area contributed by atoms with Crippen molar-refractivity contribution in [1.29, 1.82) is 0 Å². The van der Waals surface area contributed by atoms with Crippen LogP contribution in [0.2, 0.25) is 0 Å². The van der Waals surface area contributed by atoms with Crippen molar-refractivity contribution in [2.24, 2.45) is 0 Å². The van der Waals surface area contributed by atoms with Crippen LogP contribution >= 0.6 is 15.9 Å². The van der Waals surface area contributed by atoms with Crippen LogP contribution in [0.1, 0.15) is 30.9 Å². The molecule has 0 aliphatic carbocycles. The standard InChI is InChI=1S/C12H14BrNO2/c13-9-6-4-8(5-7-9)10-2-1-3-11(14-10)12(15)16/h4-7,10-11,14H,1-3H2,(H,15,16). The van der Waals surface area contributed by atoms with Crippen LogP contribution in [0.4, 0.5) is 0 Å². The number of rotatable bonds is 2. The van der Waals surface area contributed by atoms with Crippen molar-refractivity contribution in [3.8, 4) is 0 Å². The number of benzene rings is 1. The zero-order valence-corrected chi connectivity index (χ0v) is 10.4. The Morgan fingerprint density at radius 1 is 1.31 bits per heavy atom. The minimum atomic E-state index is -0.748. The number of carboxylic acids is 1. The lowest BCUT2D eigenvalue weighted by Crippen LogP contribution is -2.42. The Morgan fingerprint density at radius 3 is 2.62 bits per heavy atom. The molecule has 86 valence electrons. The molecule has 1 saturated heterocycles. The Labute approximate surface area is 103 Å². The number of hydrogen-bond donors (Lipinski definition) is 2. The topological polar surface area (TPSA) is 49.3 Å². The summed E-state index contributed by atoms with van der Waals surface area (Å²) in [4.78, 5) is 10.9. The summed E-state index contributed by atoms with van der Waals surface area (Å²) in [7, 11) is 0. The lowest BCUT2D eigenvalue weighted by atomic mass is 9.93. The molecule has 0 radical (unpaired) electrons. The van der Waals surface area contributed by atoms with Crippen LogP contribution in [-0.2, 0) is 4.79 Å². The quantitative estimate of drug-likeness (QED) is 0.878. The molecular formula is C12H14BrNO2. The predicted octanol–water partition coefficient (Wildman–Crippen LogP) is 2.72. The molecule has 1 heterocycles. The van der Waals surface area contributed by atoms with Crippen molar-refractivity contribution in [2.75, 3.05) is 0 Å². The minimum Gasteiger partial charge on any atom is -0.480 e. The van der Waals surface area contributed by atoms with E-state index in [9.17, 15) is 4.79 Å². The third-order valence-corrected chi connectivity index (χ3v) is 3.49. The summed E-state index contributed by atoms with van der Waals surface area (Å²) in [6.07, 6.45) is 2.69. The number of carbonyl (C=O) groups is 1. The Bertz CT molecular complexity index is 377. The van der Waals surface area contributed by atoms with E-state index in [-0.39, 0.29) is 6.04 Å². The van der Waals surface area contributed by atoms with Gasteiger partial charge in [-0.1, -0.05) is 28.1 Å². The second kappa shape index (κ2) is 4.97. The number of halogens is 1. The molecule has 0 amide bonds. The summed E-state index contributed by atoms with van der Waals surface area (Å²) in [6.45, 7) is 0. The lowest BCUT2D eigenvalue weighted by molar-refractivity contribution is -0.140. The van der Waals surface area contributed by atoms with Crippen LogP contribution in [0.3, 0.4) is 0 Å². The fourth-order valence-corrected chi connectivity index (χ4v) is 2.35. The van der Waals surface area contributed by atoms with E-state index in [0.717, 1.165) is 29.3 Å². The van der Waals surface area contributed by atoms with Gasteiger partial charge in [0.05, 0.1) is 0 Å². The number of piperidine rings is 1. The first-order valence-corrected chi connectivity index (χ1v) is 6.20. The van der Waals surface area contributed by atoms with E-state index in [0.29, 0.717) is 0 Å². The third-order valence-electron chi connectivity index (χ3n) is 2.96. The van der Waals surface area contributed by atoms with E-state index < -0.39 is 12.0 Å². The smallest absolute Gasteiger partial charge is 0.320 e. The summed E-state index contributed by atoms with van der Waals surface area (Å²) in [6, 6.07) is 7.81. The zero-order chi connectivity index (χ0) is 11.5. The average molecular weight is 284 g/mol. The number of aliphatic carboxylic acids is 1. The maximum Gasteiger partial charge on any atom is 0.320 e. The van der Waals surface area contributed by atoms with Gasteiger partial charge in [0.25, 0.3) is 0 Å². The van der Waals surface area contributed by atoms with Crippen LogP contribution in [0.15, 0.2) is 28.7 Å². The number of nitrogens with one attached hydrogen (secondary N) is 1. The van der Waals surface area contributed by atoms with Gasteiger partial charge in [-0.3, -0.25) is 10.1 Å². The van der Waals surface area contributed by atoms with Crippen molar-refractivity contribution in [1.82, 2.24) is 5.32 Å². The molecule has 3 nitrogen and oxygen atoms in total. The maximum absolute atomic E-state index is 10.9. The molecule has 2 rings (SSSR count). The van der Waals surface area contributed by atoms with E-state index in [4.69, 9.17) is 5.11 Å². The summed E-state index contributed by atoms with van der Waals surface area (Å²) >= 11 is 3.39. The van der Waals surface area contributed by atoms with Crippen molar-refractivity contribution >= 4 is 21.9 Å². The van der Waals surface area contributed by atoms with Crippen molar-refractivity contribution < 1.29 is 9.90 Å². The van der Waals surface area contributed by atoms with E-state index in [1.807, 2.05) is 24.3 Å². The highest BCUT2D eigenvalue weighted by Crippen LogP contribution is 2.26. The van der Waals surface area contributed by atoms with Gasteiger partial charge in [0.15, 0.2) is 0 Å². The molecule has 0 aromatic heterocycles. The van der Waals surface area contributed by atoms with Gasteiger partial charge < -0.3 is 5.11 Å². The third kappa shape index (κ3) is 2.62. The monoisotopic (exact) mass is 283 g/mol. The predicted molar refractivity (Wildman–Crippen MR) is 65.3 cm³/mol. The lowest BCUT2D eigenvalue weighted by Gasteiger charge is -2.28. The van der Waals surface area contributed by atoms with Gasteiger partial charge >= 0.3 is 5.97 Å². The molecule has 0 spiro atoms. The summed E-state index contributed by atoms with van der Waals surface area (Å²) in [5.74, 6) is -0.748. The second-order valence-corrected chi connectivity index (χ2v) is 5.01. The van der Waals surface area contributed by atoms with E-state index in [2.05, 4.69) is 21.2 Å². The molecule has 1 aromatic rings. The van der Waals surface area contributed by atoms with Crippen LogP contribution in [0.25, 0.3) is 0 Å². The SMILES string of the molecule is O=C(O)C1CCCC(c2ccc(Br)cc2)N1. The Hall–Kier alpha value is -0.870. The molecule has 0 bridgehead atoms. The Balaban J connectivity index is 2.09. The minimum absolute atomic E-state index is 0.169. The molecule has 2 atom stereocenters. The molecule has 1 fully saturated rings. The highest BCUT2D eigenvalue weighted by Gasteiger charge is 2.26. The summed E-state index contributed by atoms with van der Waals surface area (Å²) in [5, 5.41) is 12.2. The van der Waals surface area contributed by atoms with E-state index in [1.165, 1.54) is 0 Å². The van der Waals surface area contributed by atoms with Crippen LogP contribution < -0.4 is 5.32 Å². The van der Waals surface area contributed by atoms with Gasteiger partial charge in [0.2, 0.25) is 0 Å². The van der Waals surface area contributed by atoms with Crippen molar-refractivity contribution in [2.45, 2.75) is 31.3 Å². The van der Waals surface area contributed by atoms with Gasteiger partial charge in [-0.15, -0.1) is 0 Å². The molecule has 2 unspecified atom stereocenters. The van der Waals surface area contributed by atoms with Gasteiger partial charge in [-0.2, -0.15) is 0 Å². The molecule has 2 N–H and O–H groups in total. The van der Waals surface area contributed by atoms with Crippen molar-refractivity contribution in [3.05, 3.63) is 34.3 Å². The summed E-state index contributed by atoms with van der Waals surface area (Å²) in [5.41, 5.74) is 1.16. The largest absolute Gasteiger partial charge is 0.480 e. The van der Waals surface area contributed by atoms with Crippen LogP contribution in [0.5, 0.6) is 0 Å². The molecule has 4 heteroatoms. The van der Waals surface area contributed by atoms with Gasteiger partial charge in [-0.25, -0.2) is 0 Å². The first-order valence-electron chi connectivity index (χ1n) is 5.41. The Morgan fingerprint density at radius 2 is 2.00 bits per heavy atom. The molecule has 0 saturated carbocycles. The van der Waals surface area contributed by atoms with Gasteiger partial charge in [0.1, 0.15) is 6.04 Å². The fourth-order valence-electron chi connectivity index (χ4n) is 2.09. The number of carboxylic acid groups (broad SMARTS) is 1. The maximum atomic E-state index is 10.9. The summed E-state index contributed by atoms with van der Waals surface area (Å²) < 4.78 is 1.04. The molecular weight excluding hydrogens is 270 g/mol. The Kier molecular flexibility index (Phi) is 3.61. The molecule has 16 heavy (non-hydrogen) atoms. The van der Waals surface area contributed by atoms with Gasteiger partial charge in [0, 0.05) is 10.5 Å². The number of hydrogen-bond acceptors (Lipinski definition) is 2. The zero-order valence-electron chi connectivity index (χ0n) is 8.82. The van der Waals surface area contributed by atoms with Crippen LogP contribution in [-0.4, -0.2) is 17.1 Å². The highest BCUT2D eigenvalue weighted by atomic mass is 79.9. The van der Waals surface area contributed by atoms with E-state index in [1.54, 1.807) is 0 Å². The van der Waals surface area contributed by atoms with E-state index >= 15 is 0 Å². The molecule has 1 aliphatic heterocycles. The normalized spacial score (nSPS) is 25.3. The molecule has 1 aliphatic rings.